The molecule has 0 aliphatic carbocycles. The summed E-state index contributed by atoms with van der Waals surface area (Å²) in [5, 5.41) is 10.2. The zero-order valence-electron chi connectivity index (χ0n) is 10.9. The van der Waals surface area contributed by atoms with Gasteiger partial charge >= 0.3 is 5.97 Å². The van der Waals surface area contributed by atoms with Gasteiger partial charge in [-0.05, 0) is 36.6 Å². The van der Waals surface area contributed by atoms with E-state index in [2.05, 4.69) is 0 Å². The molecular formula is C16H14Cl2O2. The van der Waals surface area contributed by atoms with Crippen LogP contribution in [0.15, 0.2) is 42.5 Å². The number of carbonyl (C=O) groups is 1. The normalized spacial score (nSPS) is 12.2. The number of hydrogen-bond donors (Lipinski definition) is 1. The summed E-state index contributed by atoms with van der Waals surface area (Å²) in [4.78, 5) is 11.5. The van der Waals surface area contributed by atoms with E-state index in [4.69, 9.17) is 23.2 Å². The zero-order chi connectivity index (χ0) is 14.7. The molecule has 0 spiro atoms. The van der Waals surface area contributed by atoms with Crippen LogP contribution in [0.4, 0.5) is 0 Å². The van der Waals surface area contributed by atoms with Gasteiger partial charge in [0.1, 0.15) is 0 Å². The minimum absolute atomic E-state index is 0.375. The van der Waals surface area contributed by atoms with Crippen LogP contribution in [0.5, 0.6) is 0 Å². The van der Waals surface area contributed by atoms with Crippen molar-refractivity contribution in [3.63, 3.8) is 0 Å². The molecule has 0 radical (unpaired) electrons. The van der Waals surface area contributed by atoms with Gasteiger partial charge in [-0.25, -0.2) is 0 Å². The fourth-order valence-corrected chi connectivity index (χ4v) is 2.46. The maximum Gasteiger partial charge on any atom is 0.311 e. The van der Waals surface area contributed by atoms with Crippen LogP contribution in [-0.2, 0) is 11.2 Å². The van der Waals surface area contributed by atoms with Crippen LogP contribution in [0.2, 0.25) is 10.0 Å². The maximum absolute atomic E-state index is 11.5. The first-order valence-corrected chi connectivity index (χ1v) is 6.96. The smallest absolute Gasteiger partial charge is 0.311 e. The van der Waals surface area contributed by atoms with E-state index in [-0.39, 0.29) is 0 Å². The van der Waals surface area contributed by atoms with E-state index in [1.54, 1.807) is 18.2 Å². The Hall–Kier alpha value is -1.51. The Kier molecular flexibility index (Phi) is 4.69. The van der Waals surface area contributed by atoms with Gasteiger partial charge in [0.15, 0.2) is 0 Å². The van der Waals surface area contributed by atoms with Crippen LogP contribution in [0.25, 0.3) is 0 Å². The van der Waals surface area contributed by atoms with E-state index < -0.39 is 11.9 Å². The van der Waals surface area contributed by atoms with Gasteiger partial charge in [-0.1, -0.05) is 59.1 Å². The van der Waals surface area contributed by atoms with Crippen molar-refractivity contribution in [2.45, 2.75) is 19.3 Å². The Balaban J connectivity index is 2.32. The summed E-state index contributed by atoms with van der Waals surface area (Å²) in [6.45, 7) is 1.98. The number of carboxylic acids is 1. The van der Waals surface area contributed by atoms with Gasteiger partial charge in [-0.15, -0.1) is 0 Å². The van der Waals surface area contributed by atoms with Crippen LogP contribution in [0.3, 0.4) is 0 Å². The second kappa shape index (κ2) is 6.29. The van der Waals surface area contributed by atoms with Gasteiger partial charge in [-0.3, -0.25) is 4.79 Å². The first-order valence-electron chi connectivity index (χ1n) is 6.20. The van der Waals surface area contributed by atoms with Crippen molar-refractivity contribution in [3.8, 4) is 0 Å². The Morgan fingerprint density at radius 2 is 1.90 bits per heavy atom. The highest BCUT2D eigenvalue weighted by Crippen LogP contribution is 2.28. The lowest BCUT2D eigenvalue weighted by molar-refractivity contribution is -0.138. The predicted molar refractivity (Wildman–Crippen MR) is 81.7 cm³/mol. The molecule has 2 nitrogen and oxygen atoms in total. The van der Waals surface area contributed by atoms with E-state index in [1.807, 2.05) is 31.2 Å². The molecular weight excluding hydrogens is 295 g/mol. The first-order chi connectivity index (χ1) is 9.47. The molecule has 104 valence electrons. The molecule has 0 fully saturated rings. The third-order valence-corrected chi connectivity index (χ3v) is 3.91. The summed E-state index contributed by atoms with van der Waals surface area (Å²) >= 11 is 11.8. The van der Waals surface area contributed by atoms with E-state index in [0.717, 1.165) is 11.1 Å². The molecule has 1 atom stereocenters. The number of rotatable bonds is 4. The molecule has 2 rings (SSSR count). The van der Waals surface area contributed by atoms with Gasteiger partial charge in [-0.2, -0.15) is 0 Å². The second-order valence-corrected chi connectivity index (χ2v) is 5.57. The predicted octanol–water partition coefficient (Wildman–Crippen LogP) is 4.71. The molecule has 0 aliphatic rings. The quantitative estimate of drug-likeness (QED) is 0.888. The van der Waals surface area contributed by atoms with E-state index in [1.165, 1.54) is 0 Å². The molecule has 0 saturated heterocycles. The van der Waals surface area contributed by atoms with Gasteiger partial charge < -0.3 is 5.11 Å². The SMILES string of the molecule is Cc1cccc(CC(C(=O)O)c2ccc(Cl)c(Cl)c2)c1. The molecule has 4 heteroatoms. The lowest BCUT2D eigenvalue weighted by Crippen LogP contribution is -2.14. The zero-order valence-corrected chi connectivity index (χ0v) is 12.4. The number of benzene rings is 2. The average molecular weight is 309 g/mol. The number of aliphatic carboxylic acids is 1. The monoisotopic (exact) mass is 308 g/mol. The molecule has 1 N–H and O–H groups in total. The molecule has 0 aromatic heterocycles. The first kappa shape index (κ1) is 14.9. The second-order valence-electron chi connectivity index (χ2n) is 4.76. The Labute approximate surface area is 128 Å². The minimum Gasteiger partial charge on any atom is -0.481 e. The van der Waals surface area contributed by atoms with Crippen LogP contribution in [-0.4, -0.2) is 11.1 Å². The molecule has 0 saturated carbocycles. The van der Waals surface area contributed by atoms with Gasteiger partial charge in [0.25, 0.3) is 0 Å². The van der Waals surface area contributed by atoms with Crippen molar-refractivity contribution < 1.29 is 9.90 Å². The molecule has 1 unspecified atom stereocenters. The van der Waals surface area contributed by atoms with Crippen LogP contribution < -0.4 is 0 Å². The molecule has 0 heterocycles. The molecule has 0 amide bonds. The molecule has 0 bridgehead atoms. The summed E-state index contributed by atoms with van der Waals surface area (Å²) in [7, 11) is 0. The van der Waals surface area contributed by atoms with Crippen LogP contribution in [0.1, 0.15) is 22.6 Å². The highest BCUT2D eigenvalue weighted by atomic mass is 35.5. The van der Waals surface area contributed by atoms with Crippen molar-refractivity contribution >= 4 is 29.2 Å². The average Bonchev–Trinajstić information content (AvgIpc) is 2.39. The summed E-state index contributed by atoms with van der Waals surface area (Å²) in [6, 6.07) is 12.8. The number of carboxylic acid groups (broad SMARTS) is 1. The van der Waals surface area contributed by atoms with Crippen LogP contribution in [0, 0.1) is 6.92 Å². The minimum atomic E-state index is -0.870. The van der Waals surface area contributed by atoms with Crippen molar-refractivity contribution in [1.82, 2.24) is 0 Å². The Morgan fingerprint density at radius 1 is 1.15 bits per heavy atom. The highest BCUT2D eigenvalue weighted by Gasteiger charge is 2.21. The number of hydrogen-bond acceptors (Lipinski definition) is 1. The Bertz CT molecular complexity index is 638. The van der Waals surface area contributed by atoms with Crippen molar-refractivity contribution in [3.05, 3.63) is 69.2 Å². The van der Waals surface area contributed by atoms with Crippen LogP contribution >= 0.6 is 23.2 Å². The summed E-state index contributed by atoms with van der Waals surface area (Å²) < 4.78 is 0. The summed E-state index contributed by atoms with van der Waals surface area (Å²) in [6.07, 6.45) is 0.426. The summed E-state index contributed by atoms with van der Waals surface area (Å²) in [5.74, 6) is -1.50. The van der Waals surface area contributed by atoms with E-state index in [9.17, 15) is 9.90 Å². The van der Waals surface area contributed by atoms with E-state index in [0.29, 0.717) is 22.0 Å². The largest absolute Gasteiger partial charge is 0.481 e. The standard InChI is InChI=1S/C16H14Cl2O2/c1-10-3-2-4-11(7-10)8-13(16(19)20)12-5-6-14(17)15(18)9-12/h2-7,9,13H,8H2,1H3,(H,19,20). The summed E-state index contributed by atoms with van der Waals surface area (Å²) in [5.41, 5.74) is 2.76. The van der Waals surface area contributed by atoms with Gasteiger partial charge in [0, 0.05) is 0 Å². The van der Waals surface area contributed by atoms with E-state index >= 15 is 0 Å². The molecule has 2 aromatic rings. The lowest BCUT2D eigenvalue weighted by Gasteiger charge is -2.14. The fraction of sp³-hybridized carbons (Fsp3) is 0.188. The third kappa shape index (κ3) is 3.53. The molecule has 2 aromatic carbocycles. The Morgan fingerprint density at radius 3 is 2.50 bits per heavy atom. The number of aryl methyl sites for hydroxylation is 1. The maximum atomic E-state index is 11.5. The topological polar surface area (TPSA) is 37.3 Å². The number of halogens is 2. The van der Waals surface area contributed by atoms with Gasteiger partial charge in [0.2, 0.25) is 0 Å². The molecule has 20 heavy (non-hydrogen) atoms. The van der Waals surface area contributed by atoms with Crippen molar-refractivity contribution in [2.24, 2.45) is 0 Å². The molecule has 0 aliphatic heterocycles. The fourth-order valence-electron chi connectivity index (χ4n) is 2.15. The lowest BCUT2D eigenvalue weighted by atomic mass is 9.91. The van der Waals surface area contributed by atoms with Gasteiger partial charge in [0.05, 0.1) is 16.0 Å². The van der Waals surface area contributed by atoms with Crippen molar-refractivity contribution in [1.29, 1.82) is 0 Å². The third-order valence-electron chi connectivity index (χ3n) is 3.17. The van der Waals surface area contributed by atoms with Crippen molar-refractivity contribution in [2.75, 3.05) is 0 Å². The highest BCUT2D eigenvalue weighted by molar-refractivity contribution is 6.42.